The molecular formula is C17H16ClN3O2. The standard InChI is InChI=1S/C17H16ClN3O2/c1-11-10-13(18)8-9-15(11)20-21-16(12(2)22)17(23)19-14-6-4-3-5-7-14/h3-10,16H,1-2H3,(H,19,23)/t16-/m0/s1. The summed E-state index contributed by atoms with van der Waals surface area (Å²) >= 11 is 5.88. The second kappa shape index (κ2) is 7.65. The Morgan fingerprint density at radius 1 is 1.13 bits per heavy atom. The topological polar surface area (TPSA) is 70.9 Å². The highest BCUT2D eigenvalue weighted by molar-refractivity contribution is 6.30. The minimum atomic E-state index is -1.19. The summed E-state index contributed by atoms with van der Waals surface area (Å²) in [6.07, 6.45) is 0. The van der Waals surface area contributed by atoms with Crippen molar-refractivity contribution in [3.63, 3.8) is 0 Å². The maximum atomic E-state index is 12.2. The van der Waals surface area contributed by atoms with Gasteiger partial charge in [-0.25, -0.2) is 0 Å². The molecule has 1 amide bonds. The van der Waals surface area contributed by atoms with Crippen LogP contribution in [-0.4, -0.2) is 17.7 Å². The Labute approximate surface area is 139 Å². The average Bonchev–Trinajstić information content (AvgIpc) is 2.50. The van der Waals surface area contributed by atoms with Gasteiger partial charge in [0.15, 0.2) is 5.78 Å². The van der Waals surface area contributed by atoms with Crippen molar-refractivity contribution < 1.29 is 9.59 Å². The number of benzene rings is 2. The zero-order valence-corrected chi connectivity index (χ0v) is 13.5. The molecule has 0 saturated heterocycles. The van der Waals surface area contributed by atoms with Gasteiger partial charge in [-0.05, 0) is 49.7 Å². The summed E-state index contributed by atoms with van der Waals surface area (Å²) in [5.41, 5.74) is 1.97. The predicted molar refractivity (Wildman–Crippen MR) is 90.2 cm³/mol. The van der Waals surface area contributed by atoms with Gasteiger partial charge in [0.1, 0.15) is 0 Å². The van der Waals surface area contributed by atoms with Crippen LogP contribution in [0, 0.1) is 6.92 Å². The summed E-state index contributed by atoms with van der Waals surface area (Å²) in [6, 6.07) is 12.8. The lowest BCUT2D eigenvalue weighted by molar-refractivity contribution is -0.126. The number of anilines is 1. The molecule has 0 fully saturated rings. The molecule has 1 N–H and O–H groups in total. The van der Waals surface area contributed by atoms with Crippen molar-refractivity contribution >= 4 is 34.7 Å². The number of para-hydroxylation sites is 1. The van der Waals surface area contributed by atoms with Gasteiger partial charge in [0.2, 0.25) is 6.04 Å². The highest BCUT2D eigenvalue weighted by atomic mass is 35.5. The van der Waals surface area contributed by atoms with Crippen LogP contribution in [0.15, 0.2) is 58.8 Å². The molecular weight excluding hydrogens is 314 g/mol. The molecule has 118 valence electrons. The Balaban J connectivity index is 2.16. The van der Waals surface area contributed by atoms with Gasteiger partial charge in [0, 0.05) is 10.7 Å². The maximum absolute atomic E-state index is 12.2. The SMILES string of the molecule is CC(=O)[C@H](N=Nc1ccc(Cl)cc1C)C(=O)Nc1ccccc1. The Morgan fingerprint density at radius 3 is 2.43 bits per heavy atom. The molecule has 0 aliphatic rings. The zero-order chi connectivity index (χ0) is 16.8. The number of rotatable bonds is 5. The molecule has 0 spiro atoms. The van der Waals surface area contributed by atoms with E-state index in [9.17, 15) is 9.59 Å². The molecule has 0 saturated carbocycles. The zero-order valence-electron chi connectivity index (χ0n) is 12.8. The molecule has 23 heavy (non-hydrogen) atoms. The van der Waals surface area contributed by atoms with Crippen LogP contribution in [0.4, 0.5) is 11.4 Å². The summed E-state index contributed by atoms with van der Waals surface area (Å²) in [6.45, 7) is 3.13. The quantitative estimate of drug-likeness (QED) is 0.655. The number of nitrogens with zero attached hydrogens (tertiary/aromatic N) is 2. The number of carbonyl (C=O) groups is 2. The molecule has 0 aromatic heterocycles. The Hall–Kier alpha value is -2.53. The first-order valence-corrected chi connectivity index (χ1v) is 7.38. The second-order valence-corrected chi connectivity index (χ2v) is 5.45. The molecule has 1 atom stereocenters. The third kappa shape index (κ3) is 4.72. The number of carbonyl (C=O) groups excluding carboxylic acids is 2. The number of aryl methyl sites for hydroxylation is 1. The smallest absolute Gasteiger partial charge is 0.258 e. The lowest BCUT2D eigenvalue weighted by Crippen LogP contribution is -2.31. The van der Waals surface area contributed by atoms with E-state index in [0.717, 1.165) is 5.56 Å². The Morgan fingerprint density at radius 2 is 1.83 bits per heavy atom. The van der Waals surface area contributed by atoms with Crippen LogP contribution in [0.25, 0.3) is 0 Å². The maximum Gasteiger partial charge on any atom is 0.258 e. The predicted octanol–water partition coefficient (Wildman–Crippen LogP) is 4.33. The van der Waals surface area contributed by atoms with Gasteiger partial charge >= 0.3 is 0 Å². The van der Waals surface area contributed by atoms with Gasteiger partial charge in [-0.15, -0.1) is 0 Å². The first-order valence-electron chi connectivity index (χ1n) is 7.01. The van der Waals surface area contributed by atoms with Crippen molar-refractivity contribution in [3.8, 4) is 0 Å². The average molecular weight is 330 g/mol. The molecule has 2 aromatic rings. The van der Waals surface area contributed by atoms with Crippen molar-refractivity contribution in [2.75, 3.05) is 5.32 Å². The first-order chi connectivity index (χ1) is 11.0. The van der Waals surface area contributed by atoms with Gasteiger partial charge in [-0.1, -0.05) is 29.8 Å². The van der Waals surface area contributed by atoms with Crippen LogP contribution in [-0.2, 0) is 9.59 Å². The van der Waals surface area contributed by atoms with Crippen LogP contribution >= 0.6 is 11.6 Å². The molecule has 2 rings (SSSR count). The first kappa shape index (κ1) is 16.8. The molecule has 6 heteroatoms. The number of hydrogen-bond acceptors (Lipinski definition) is 4. The molecule has 0 aliphatic carbocycles. The van der Waals surface area contributed by atoms with Gasteiger partial charge in [0.25, 0.3) is 5.91 Å². The van der Waals surface area contributed by atoms with Gasteiger partial charge in [-0.2, -0.15) is 10.2 Å². The molecule has 2 aromatic carbocycles. The van der Waals surface area contributed by atoms with E-state index in [2.05, 4.69) is 15.5 Å². The van der Waals surface area contributed by atoms with Crippen molar-refractivity contribution in [2.24, 2.45) is 10.2 Å². The van der Waals surface area contributed by atoms with E-state index in [0.29, 0.717) is 16.4 Å². The number of azo groups is 1. The highest BCUT2D eigenvalue weighted by Gasteiger charge is 2.23. The fourth-order valence-corrected chi connectivity index (χ4v) is 2.13. The fraction of sp³-hybridized carbons (Fsp3) is 0.176. The number of ketones is 1. The third-order valence-electron chi connectivity index (χ3n) is 3.11. The van der Waals surface area contributed by atoms with E-state index < -0.39 is 11.9 Å². The minimum absolute atomic E-state index is 0.381. The molecule has 0 bridgehead atoms. The van der Waals surface area contributed by atoms with E-state index in [1.165, 1.54) is 6.92 Å². The summed E-state index contributed by atoms with van der Waals surface area (Å²) in [7, 11) is 0. The normalized spacial score (nSPS) is 12.1. The van der Waals surface area contributed by atoms with E-state index in [1.54, 1.807) is 42.5 Å². The second-order valence-electron chi connectivity index (χ2n) is 5.01. The number of Topliss-reactive ketones (excluding diaryl/α,β-unsaturated/α-hetero) is 1. The van der Waals surface area contributed by atoms with Gasteiger partial charge < -0.3 is 5.32 Å². The Kier molecular flexibility index (Phi) is 5.60. The molecule has 0 radical (unpaired) electrons. The van der Waals surface area contributed by atoms with E-state index >= 15 is 0 Å². The van der Waals surface area contributed by atoms with Crippen molar-refractivity contribution in [3.05, 3.63) is 59.1 Å². The van der Waals surface area contributed by atoms with Crippen LogP contribution in [0.1, 0.15) is 12.5 Å². The number of halogens is 1. The molecule has 5 nitrogen and oxygen atoms in total. The molecule has 0 aliphatic heterocycles. The van der Waals surface area contributed by atoms with Crippen LogP contribution in [0.2, 0.25) is 5.02 Å². The summed E-state index contributed by atoms with van der Waals surface area (Å²) in [4.78, 5) is 23.9. The lowest BCUT2D eigenvalue weighted by atomic mass is 10.2. The summed E-state index contributed by atoms with van der Waals surface area (Å²) in [5.74, 6) is -0.895. The summed E-state index contributed by atoms with van der Waals surface area (Å²) < 4.78 is 0. The number of amides is 1. The fourth-order valence-electron chi connectivity index (χ4n) is 1.90. The summed E-state index contributed by atoms with van der Waals surface area (Å²) in [5, 5.41) is 11.2. The van der Waals surface area contributed by atoms with Crippen molar-refractivity contribution in [1.29, 1.82) is 0 Å². The van der Waals surface area contributed by atoms with Gasteiger partial charge in [0.05, 0.1) is 5.69 Å². The van der Waals surface area contributed by atoms with Crippen LogP contribution in [0.5, 0.6) is 0 Å². The van der Waals surface area contributed by atoms with Crippen molar-refractivity contribution in [2.45, 2.75) is 19.9 Å². The molecule has 0 heterocycles. The highest BCUT2D eigenvalue weighted by Crippen LogP contribution is 2.23. The lowest BCUT2D eigenvalue weighted by Gasteiger charge is -2.09. The van der Waals surface area contributed by atoms with E-state index in [-0.39, 0.29) is 5.78 Å². The largest absolute Gasteiger partial charge is 0.324 e. The van der Waals surface area contributed by atoms with Gasteiger partial charge in [-0.3, -0.25) is 9.59 Å². The minimum Gasteiger partial charge on any atom is -0.324 e. The molecule has 0 unspecified atom stereocenters. The monoisotopic (exact) mass is 329 g/mol. The van der Waals surface area contributed by atoms with Crippen LogP contribution in [0.3, 0.4) is 0 Å². The Bertz CT molecular complexity index is 745. The van der Waals surface area contributed by atoms with Crippen molar-refractivity contribution in [1.82, 2.24) is 0 Å². The number of nitrogens with one attached hydrogen (secondary N) is 1. The van der Waals surface area contributed by atoms with E-state index in [4.69, 9.17) is 11.6 Å². The van der Waals surface area contributed by atoms with E-state index in [1.807, 2.05) is 13.0 Å². The van der Waals surface area contributed by atoms with Crippen LogP contribution < -0.4 is 5.32 Å². The third-order valence-corrected chi connectivity index (χ3v) is 3.35. The number of hydrogen-bond donors (Lipinski definition) is 1.